The van der Waals surface area contributed by atoms with Crippen molar-refractivity contribution in [3.63, 3.8) is 0 Å². The number of halogens is 1. The van der Waals surface area contributed by atoms with Crippen molar-refractivity contribution < 1.29 is 14.2 Å². The smallest absolute Gasteiger partial charge is 0.130 e. The highest BCUT2D eigenvalue weighted by Crippen LogP contribution is 2.34. The Morgan fingerprint density at radius 3 is 2.14 bits per heavy atom. The van der Waals surface area contributed by atoms with Crippen molar-refractivity contribution in [3.05, 3.63) is 38.5 Å². The van der Waals surface area contributed by atoms with Crippen LogP contribution in [0.25, 0.3) is 0 Å². The van der Waals surface area contributed by atoms with Crippen LogP contribution in [0.3, 0.4) is 0 Å². The van der Waals surface area contributed by atoms with E-state index in [0.29, 0.717) is 6.54 Å². The first-order valence-electron chi connectivity index (χ1n) is 6.40. The van der Waals surface area contributed by atoms with Gasteiger partial charge in [-0.15, -0.1) is 11.3 Å². The van der Waals surface area contributed by atoms with Gasteiger partial charge < -0.3 is 19.5 Å². The van der Waals surface area contributed by atoms with E-state index in [0.717, 1.165) is 33.8 Å². The minimum Gasteiger partial charge on any atom is -0.496 e. The molecule has 0 radical (unpaired) electrons. The van der Waals surface area contributed by atoms with Gasteiger partial charge in [-0.3, -0.25) is 0 Å². The van der Waals surface area contributed by atoms with E-state index in [9.17, 15) is 0 Å². The van der Waals surface area contributed by atoms with Gasteiger partial charge in [0.1, 0.15) is 17.2 Å². The van der Waals surface area contributed by atoms with Gasteiger partial charge in [-0.2, -0.15) is 0 Å². The van der Waals surface area contributed by atoms with Gasteiger partial charge in [0, 0.05) is 40.0 Å². The summed E-state index contributed by atoms with van der Waals surface area (Å²) in [6, 6.07) is 5.84. The van der Waals surface area contributed by atoms with Gasteiger partial charge in [0.05, 0.1) is 26.9 Å². The Kier molecular flexibility index (Phi) is 5.90. The number of ether oxygens (including phenoxy) is 3. The van der Waals surface area contributed by atoms with Crippen LogP contribution in [-0.2, 0) is 13.1 Å². The number of rotatable bonds is 7. The van der Waals surface area contributed by atoms with Gasteiger partial charge in [-0.25, -0.2) is 0 Å². The van der Waals surface area contributed by atoms with Crippen LogP contribution in [0.5, 0.6) is 17.2 Å². The van der Waals surface area contributed by atoms with Crippen molar-refractivity contribution in [1.82, 2.24) is 5.32 Å². The molecule has 0 fully saturated rings. The molecule has 4 nitrogen and oxygen atoms in total. The fourth-order valence-corrected chi connectivity index (χ4v) is 3.43. The van der Waals surface area contributed by atoms with E-state index >= 15 is 0 Å². The summed E-state index contributed by atoms with van der Waals surface area (Å²) in [4.78, 5) is 1.27. The van der Waals surface area contributed by atoms with E-state index in [2.05, 4.69) is 32.7 Å². The third kappa shape index (κ3) is 4.12. The summed E-state index contributed by atoms with van der Waals surface area (Å²) in [6.45, 7) is 1.46. The first kappa shape index (κ1) is 16.1. The van der Waals surface area contributed by atoms with Crippen molar-refractivity contribution in [1.29, 1.82) is 0 Å². The average Bonchev–Trinajstić information content (AvgIpc) is 2.92. The van der Waals surface area contributed by atoms with Crippen LogP contribution >= 0.6 is 27.3 Å². The van der Waals surface area contributed by atoms with E-state index in [1.54, 1.807) is 32.7 Å². The second-order valence-electron chi connectivity index (χ2n) is 4.35. The molecule has 0 unspecified atom stereocenters. The minimum absolute atomic E-state index is 0.659. The van der Waals surface area contributed by atoms with Crippen LogP contribution in [0.4, 0.5) is 0 Å². The molecule has 0 aliphatic rings. The third-order valence-electron chi connectivity index (χ3n) is 3.04. The monoisotopic (exact) mass is 371 g/mol. The molecule has 0 aliphatic heterocycles. The first-order chi connectivity index (χ1) is 10.2. The molecule has 0 aliphatic carbocycles. The lowest BCUT2D eigenvalue weighted by Gasteiger charge is -2.15. The Bertz CT molecular complexity index is 575. The largest absolute Gasteiger partial charge is 0.496 e. The van der Waals surface area contributed by atoms with Crippen LogP contribution in [0.15, 0.2) is 28.1 Å². The van der Waals surface area contributed by atoms with Crippen LogP contribution in [-0.4, -0.2) is 21.3 Å². The number of hydrogen-bond acceptors (Lipinski definition) is 5. The molecule has 2 rings (SSSR count). The highest BCUT2D eigenvalue weighted by Gasteiger charge is 2.13. The lowest BCUT2D eigenvalue weighted by Crippen LogP contribution is -2.13. The number of thiophene rings is 1. The Labute approximate surface area is 137 Å². The summed E-state index contributed by atoms with van der Waals surface area (Å²) in [6.07, 6.45) is 0. The number of nitrogens with one attached hydrogen (secondary N) is 1. The van der Waals surface area contributed by atoms with Gasteiger partial charge in [0.2, 0.25) is 0 Å². The van der Waals surface area contributed by atoms with E-state index in [4.69, 9.17) is 14.2 Å². The van der Waals surface area contributed by atoms with Crippen LogP contribution in [0.1, 0.15) is 10.4 Å². The molecule has 1 N–H and O–H groups in total. The van der Waals surface area contributed by atoms with Crippen LogP contribution < -0.4 is 19.5 Å². The number of benzene rings is 1. The summed E-state index contributed by atoms with van der Waals surface area (Å²) >= 11 is 5.18. The fraction of sp³-hybridized carbons (Fsp3) is 0.333. The van der Waals surface area contributed by atoms with Gasteiger partial charge in [0.25, 0.3) is 0 Å². The quantitative estimate of drug-likeness (QED) is 0.802. The second kappa shape index (κ2) is 7.68. The number of methoxy groups -OCH3 is 3. The topological polar surface area (TPSA) is 39.7 Å². The second-order valence-corrected chi connectivity index (χ2v) is 6.26. The van der Waals surface area contributed by atoms with Gasteiger partial charge >= 0.3 is 0 Å². The predicted molar refractivity (Wildman–Crippen MR) is 88.7 cm³/mol. The molecular formula is C15H18BrNO3S. The Morgan fingerprint density at radius 1 is 1.00 bits per heavy atom. The molecule has 114 valence electrons. The first-order valence-corrected chi connectivity index (χ1v) is 8.07. The van der Waals surface area contributed by atoms with E-state index in [1.165, 1.54) is 4.88 Å². The fourth-order valence-electron chi connectivity index (χ4n) is 2.01. The zero-order chi connectivity index (χ0) is 15.2. The third-order valence-corrected chi connectivity index (χ3v) is 4.74. The summed E-state index contributed by atoms with van der Waals surface area (Å²) < 4.78 is 17.2. The Morgan fingerprint density at radius 2 is 1.67 bits per heavy atom. The molecule has 0 saturated carbocycles. The standard InChI is InChI=1S/C15H18BrNO3S/c1-18-11-5-14(19-2)13(15(6-11)20-3)8-17-7-12-4-10(16)9-21-12/h4-6,9,17H,7-8H2,1-3H3. The highest BCUT2D eigenvalue weighted by atomic mass is 79.9. The highest BCUT2D eigenvalue weighted by molar-refractivity contribution is 9.10. The normalized spacial score (nSPS) is 10.5. The molecule has 6 heteroatoms. The molecule has 0 amide bonds. The lowest BCUT2D eigenvalue weighted by molar-refractivity contribution is 0.366. The molecule has 2 aromatic rings. The van der Waals surface area contributed by atoms with Crippen LogP contribution in [0, 0.1) is 0 Å². The molecule has 0 spiro atoms. The molecule has 0 saturated heterocycles. The average molecular weight is 372 g/mol. The van der Waals surface area contributed by atoms with Crippen molar-refractivity contribution in [2.45, 2.75) is 13.1 Å². The predicted octanol–water partition coefficient (Wildman–Crippen LogP) is 3.83. The summed E-state index contributed by atoms with van der Waals surface area (Å²) in [5.74, 6) is 2.23. The Hall–Kier alpha value is -1.24. The minimum atomic E-state index is 0.659. The maximum absolute atomic E-state index is 5.43. The lowest BCUT2D eigenvalue weighted by atomic mass is 10.1. The molecule has 1 aromatic heterocycles. The van der Waals surface area contributed by atoms with E-state index < -0.39 is 0 Å². The zero-order valence-electron chi connectivity index (χ0n) is 12.2. The maximum Gasteiger partial charge on any atom is 0.130 e. The molecule has 1 aromatic carbocycles. The molecular weight excluding hydrogens is 354 g/mol. The summed E-state index contributed by atoms with van der Waals surface area (Å²) in [5, 5.41) is 5.48. The van der Waals surface area contributed by atoms with E-state index in [1.807, 2.05) is 12.1 Å². The Balaban J connectivity index is 2.10. The maximum atomic E-state index is 5.43. The molecule has 21 heavy (non-hydrogen) atoms. The number of hydrogen-bond donors (Lipinski definition) is 1. The van der Waals surface area contributed by atoms with Crippen molar-refractivity contribution >= 4 is 27.3 Å². The zero-order valence-corrected chi connectivity index (χ0v) is 14.6. The van der Waals surface area contributed by atoms with Crippen molar-refractivity contribution in [2.75, 3.05) is 21.3 Å². The van der Waals surface area contributed by atoms with Crippen molar-refractivity contribution in [2.24, 2.45) is 0 Å². The van der Waals surface area contributed by atoms with E-state index in [-0.39, 0.29) is 0 Å². The van der Waals surface area contributed by atoms with Gasteiger partial charge in [-0.05, 0) is 22.0 Å². The summed E-state index contributed by atoms with van der Waals surface area (Å²) in [5.41, 5.74) is 0.983. The van der Waals surface area contributed by atoms with Gasteiger partial charge in [0.15, 0.2) is 0 Å². The van der Waals surface area contributed by atoms with Crippen molar-refractivity contribution in [3.8, 4) is 17.2 Å². The molecule has 0 atom stereocenters. The summed E-state index contributed by atoms with van der Waals surface area (Å²) in [7, 11) is 4.92. The molecule has 0 bridgehead atoms. The molecule has 1 heterocycles. The SMILES string of the molecule is COc1cc(OC)c(CNCc2cc(Br)cs2)c(OC)c1. The van der Waals surface area contributed by atoms with Crippen LogP contribution in [0.2, 0.25) is 0 Å². The van der Waals surface area contributed by atoms with Gasteiger partial charge in [-0.1, -0.05) is 0 Å².